The van der Waals surface area contributed by atoms with E-state index in [2.05, 4.69) is 23.1 Å². The number of amides is 1. The maximum Gasteiger partial charge on any atom is 0.249 e. The highest BCUT2D eigenvalue weighted by Crippen LogP contribution is 2.28. The van der Waals surface area contributed by atoms with Gasteiger partial charge in [-0.05, 0) is 67.9 Å². The lowest BCUT2D eigenvalue weighted by molar-refractivity contribution is -0.136. The van der Waals surface area contributed by atoms with Gasteiger partial charge in [-0.25, -0.2) is 8.42 Å². The van der Waals surface area contributed by atoms with Crippen LogP contribution in [0.25, 0.3) is 0 Å². The van der Waals surface area contributed by atoms with Crippen molar-refractivity contribution in [3.8, 4) is 5.75 Å². The normalized spacial score (nSPS) is 13.6. The first-order valence-corrected chi connectivity index (χ1v) is 12.7. The number of carbonyl (C=O) groups excluding carboxylic acids is 1. The molecule has 0 atom stereocenters. The molecule has 1 aliphatic heterocycles. The van der Waals surface area contributed by atoms with Gasteiger partial charge in [-0.2, -0.15) is 4.31 Å². The summed E-state index contributed by atoms with van der Waals surface area (Å²) in [6, 6.07) is 9.77. The number of methoxy groups -OCH3 is 1. The van der Waals surface area contributed by atoms with Crippen LogP contribution in [0.15, 0.2) is 35.2 Å². The molecule has 2 aromatic rings. The Balaban J connectivity index is 1.51. The Labute approximate surface area is 203 Å². The van der Waals surface area contributed by atoms with E-state index in [1.165, 1.54) is 22.5 Å². The predicted molar refractivity (Wildman–Crippen MR) is 131 cm³/mol. The van der Waals surface area contributed by atoms with Crippen LogP contribution in [0.3, 0.4) is 0 Å². The molecule has 1 heterocycles. The third-order valence-corrected chi connectivity index (χ3v) is 8.12. The third kappa shape index (κ3) is 5.96. The summed E-state index contributed by atoms with van der Waals surface area (Å²) in [5, 5.41) is 0. The molecule has 0 spiro atoms. The van der Waals surface area contributed by atoms with Crippen LogP contribution >= 0.6 is 0 Å². The van der Waals surface area contributed by atoms with E-state index >= 15 is 0 Å². The average Bonchev–Trinajstić information content (AvgIpc) is 3.18. The van der Waals surface area contributed by atoms with E-state index in [0.29, 0.717) is 30.0 Å². The number of nitrogens with zero attached hydrogens (tertiary/aromatic N) is 3. The van der Waals surface area contributed by atoms with E-state index in [9.17, 15) is 13.2 Å². The molecule has 0 unspecified atom stereocenters. The van der Waals surface area contributed by atoms with Crippen molar-refractivity contribution in [2.75, 3.05) is 48.0 Å². The second-order valence-corrected chi connectivity index (χ2v) is 11.0. The van der Waals surface area contributed by atoms with Gasteiger partial charge in [-0.1, -0.05) is 18.2 Å². The van der Waals surface area contributed by atoms with E-state index < -0.39 is 10.0 Å². The first kappa shape index (κ1) is 26.2. The summed E-state index contributed by atoms with van der Waals surface area (Å²) >= 11 is 0. The molecular weight excluding hydrogens is 454 g/mol. The largest absolute Gasteiger partial charge is 0.497 e. The fraction of sp³-hybridized carbons (Fsp3) is 0.480. The third-order valence-electron chi connectivity index (χ3n) is 5.96. The minimum absolute atomic E-state index is 0.0764. The van der Waals surface area contributed by atoms with Crippen molar-refractivity contribution in [1.82, 2.24) is 14.1 Å². The van der Waals surface area contributed by atoms with E-state index in [1.54, 1.807) is 38.0 Å². The zero-order chi connectivity index (χ0) is 25.0. The van der Waals surface area contributed by atoms with E-state index in [1.807, 2.05) is 14.1 Å². The van der Waals surface area contributed by atoms with Crippen molar-refractivity contribution < 1.29 is 22.7 Å². The molecule has 8 nitrogen and oxygen atoms in total. The lowest BCUT2D eigenvalue weighted by Gasteiger charge is -2.21. The molecule has 3 rings (SSSR count). The zero-order valence-electron chi connectivity index (χ0n) is 20.9. The SMILES string of the molecule is COc1cc(C)c(S(=O)(=O)N(C)CCOCC(=O)N2Cc3ccc(CN(C)C)cc3C2)c(C)c1. The van der Waals surface area contributed by atoms with E-state index in [0.717, 1.165) is 12.1 Å². The summed E-state index contributed by atoms with van der Waals surface area (Å²) in [7, 11) is 3.44. The standard InChI is InChI=1S/C25H35N3O5S/c1-18-11-23(32-6)12-19(2)25(18)34(30,31)27(5)9-10-33-17-24(29)28-15-21-8-7-20(14-26(3)4)13-22(21)16-28/h7-8,11-13H,9-10,14-17H2,1-6H3. The van der Waals surface area contributed by atoms with Gasteiger partial charge in [-0.3, -0.25) is 4.79 Å². The predicted octanol–water partition coefficient (Wildman–Crippen LogP) is 2.55. The molecule has 9 heteroatoms. The van der Waals surface area contributed by atoms with Gasteiger partial charge in [0.1, 0.15) is 12.4 Å². The van der Waals surface area contributed by atoms with Crippen LogP contribution in [0, 0.1) is 13.8 Å². The maximum absolute atomic E-state index is 13.1. The van der Waals surface area contributed by atoms with Gasteiger partial charge in [-0.15, -0.1) is 0 Å². The molecule has 1 amide bonds. The van der Waals surface area contributed by atoms with Gasteiger partial charge in [0.2, 0.25) is 15.9 Å². The van der Waals surface area contributed by atoms with Crippen LogP contribution in [0.1, 0.15) is 27.8 Å². The summed E-state index contributed by atoms with van der Waals surface area (Å²) in [5.74, 6) is 0.522. The Morgan fingerprint density at radius 3 is 2.29 bits per heavy atom. The monoisotopic (exact) mass is 489 g/mol. The van der Waals surface area contributed by atoms with E-state index in [-0.39, 0.29) is 30.6 Å². The molecule has 0 saturated carbocycles. The summed E-state index contributed by atoms with van der Waals surface area (Å²) in [6.07, 6.45) is 0. The molecule has 0 fully saturated rings. The quantitative estimate of drug-likeness (QED) is 0.478. The lowest BCUT2D eigenvalue weighted by atomic mass is 10.1. The number of ether oxygens (including phenoxy) is 2. The van der Waals surface area contributed by atoms with Crippen molar-refractivity contribution in [3.05, 3.63) is 58.1 Å². The molecule has 0 N–H and O–H groups in total. The summed E-state index contributed by atoms with van der Waals surface area (Å²) in [6.45, 7) is 5.71. The van der Waals surface area contributed by atoms with Crippen LogP contribution in [0.2, 0.25) is 0 Å². The van der Waals surface area contributed by atoms with Gasteiger partial charge in [0.15, 0.2) is 0 Å². The number of carbonyl (C=O) groups is 1. The number of hydrogen-bond donors (Lipinski definition) is 0. The molecule has 0 aliphatic carbocycles. The highest BCUT2D eigenvalue weighted by Gasteiger charge is 2.26. The number of benzene rings is 2. The van der Waals surface area contributed by atoms with Gasteiger partial charge in [0, 0.05) is 33.2 Å². The topological polar surface area (TPSA) is 79.4 Å². The molecular formula is C25H35N3O5S. The zero-order valence-corrected chi connectivity index (χ0v) is 21.7. The average molecular weight is 490 g/mol. The fourth-order valence-electron chi connectivity index (χ4n) is 4.24. The molecule has 0 saturated heterocycles. The number of aryl methyl sites for hydroxylation is 2. The van der Waals surface area contributed by atoms with Gasteiger partial charge >= 0.3 is 0 Å². The van der Waals surface area contributed by atoms with Gasteiger partial charge in [0.05, 0.1) is 18.6 Å². The summed E-state index contributed by atoms with van der Waals surface area (Å²) in [5.41, 5.74) is 4.81. The summed E-state index contributed by atoms with van der Waals surface area (Å²) in [4.78, 5) is 16.8. The lowest BCUT2D eigenvalue weighted by Crippen LogP contribution is -2.33. The summed E-state index contributed by atoms with van der Waals surface area (Å²) < 4.78 is 38.2. The number of likely N-dealkylation sites (N-methyl/N-ethyl adjacent to an activating group) is 1. The highest BCUT2D eigenvalue weighted by molar-refractivity contribution is 7.89. The Morgan fingerprint density at radius 2 is 1.68 bits per heavy atom. The molecule has 34 heavy (non-hydrogen) atoms. The molecule has 186 valence electrons. The van der Waals surface area contributed by atoms with Crippen LogP contribution in [-0.4, -0.2) is 76.4 Å². The number of hydrogen-bond acceptors (Lipinski definition) is 6. The first-order valence-electron chi connectivity index (χ1n) is 11.3. The van der Waals surface area contributed by atoms with Crippen molar-refractivity contribution in [3.63, 3.8) is 0 Å². The molecule has 0 aromatic heterocycles. The molecule has 0 radical (unpaired) electrons. The smallest absolute Gasteiger partial charge is 0.249 e. The van der Waals surface area contributed by atoms with Crippen molar-refractivity contribution in [1.29, 1.82) is 0 Å². The van der Waals surface area contributed by atoms with Gasteiger partial charge in [0.25, 0.3) is 0 Å². The second-order valence-electron chi connectivity index (χ2n) is 9.06. The molecule has 2 aromatic carbocycles. The molecule has 0 bridgehead atoms. The fourth-order valence-corrected chi connectivity index (χ4v) is 5.80. The van der Waals surface area contributed by atoms with Crippen molar-refractivity contribution in [2.45, 2.75) is 38.4 Å². The first-order chi connectivity index (χ1) is 16.0. The van der Waals surface area contributed by atoms with Crippen LogP contribution in [0.5, 0.6) is 5.75 Å². The van der Waals surface area contributed by atoms with Crippen molar-refractivity contribution in [2.24, 2.45) is 0 Å². The Bertz CT molecular complexity index is 1120. The van der Waals surface area contributed by atoms with Crippen LogP contribution in [0.4, 0.5) is 0 Å². The maximum atomic E-state index is 13.1. The van der Waals surface area contributed by atoms with E-state index in [4.69, 9.17) is 9.47 Å². The Kier molecular flexibility index (Phi) is 8.35. The highest BCUT2D eigenvalue weighted by atomic mass is 32.2. The minimum atomic E-state index is -3.69. The number of sulfonamides is 1. The van der Waals surface area contributed by atoms with Crippen molar-refractivity contribution >= 4 is 15.9 Å². The Hall–Kier alpha value is -2.46. The van der Waals surface area contributed by atoms with Crippen LogP contribution in [-0.2, 0) is 39.2 Å². The second kappa shape index (κ2) is 10.9. The van der Waals surface area contributed by atoms with Crippen LogP contribution < -0.4 is 4.74 Å². The number of fused-ring (bicyclic) bond motifs is 1. The molecule has 1 aliphatic rings. The number of rotatable bonds is 10. The Morgan fingerprint density at radius 1 is 1.03 bits per heavy atom. The minimum Gasteiger partial charge on any atom is -0.497 e. The van der Waals surface area contributed by atoms with Gasteiger partial charge < -0.3 is 19.3 Å².